The van der Waals surface area contributed by atoms with Crippen LogP contribution in [0.15, 0.2) is 46.9 Å². The molecule has 1 aliphatic rings. The van der Waals surface area contributed by atoms with E-state index in [1.807, 2.05) is 31.4 Å². The molecule has 0 unspecified atom stereocenters. The van der Waals surface area contributed by atoms with Gasteiger partial charge in [0, 0.05) is 22.1 Å². The van der Waals surface area contributed by atoms with Gasteiger partial charge in [-0.3, -0.25) is 14.4 Å². The zero-order valence-electron chi connectivity index (χ0n) is 20.0. The van der Waals surface area contributed by atoms with Crippen LogP contribution in [0.4, 0.5) is 0 Å². The molecule has 0 bridgehead atoms. The third-order valence-electron chi connectivity index (χ3n) is 6.32. The lowest BCUT2D eigenvalue weighted by Crippen LogP contribution is -2.54. The maximum absolute atomic E-state index is 13.2. The van der Waals surface area contributed by atoms with Gasteiger partial charge in [0.1, 0.15) is 6.04 Å². The Morgan fingerprint density at radius 1 is 1.25 bits per heavy atom. The van der Waals surface area contributed by atoms with Crippen LogP contribution in [-0.4, -0.2) is 60.5 Å². The van der Waals surface area contributed by atoms with E-state index in [0.717, 1.165) is 13.7 Å². The number of rotatable bonds is 8. The molecule has 12 heteroatoms. The molecule has 3 aromatic rings. The number of fused-ring (bicyclic) bond motifs is 1. The monoisotopic (exact) mass is 548 g/mol. The number of sulfonamides is 1. The quantitative estimate of drug-likeness (QED) is 0.446. The number of hydrogen-bond acceptors (Lipinski definition) is 8. The summed E-state index contributed by atoms with van der Waals surface area (Å²) in [5, 5.41) is 7.47. The highest BCUT2D eigenvalue weighted by Gasteiger charge is 2.35. The molecule has 0 aromatic carbocycles. The number of carbonyl (C=O) groups excluding carboxylic acids is 3. The van der Waals surface area contributed by atoms with Gasteiger partial charge in [-0.1, -0.05) is 26.3 Å². The predicted molar refractivity (Wildman–Crippen MR) is 140 cm³/mol. The lowest BCUT2D eigenvalue weighted by molar-refractivity contribution is -0.129. The standard InChI is InChI=1S/C24H28N4O5S3/c1-3-15(2)22(27-23(30)20-13-19-18(35-20)9-12-34-19)24(31)26-16-7-6-11-28(14-17(16)29)36(32,33)21-8-4-5-10-25-21/h4-5,8-10,12-13,15-16,22H,3,6-7,11,14H2,1-2H3,(H,26,31)(H,27,30)/t15-,16+,22+/m1/s1. The van der Waals surface area contributed by atoms with E-state index >= 15 is 0 Å². The van der Waals surface area contributed by atoms with Crippen LogP contribution < -0.4 is 10.6 Å². The first kappa shape index (κ1) is 26.4. The molecule has 1 aliphatic heterocycles. The molecule has 0 aliphatic carbocycles. The Morgan fingerprint density at radius 3 is 2.75 bits per heavy atom. The first-order chi connectivity index (χ1) is 17.2. The van der Waals surface area contributed by atoms with Crippen LogP contribution in [0, 0.1) is 5.92 Å². The van der Waals surface area contributed by atoms with Crippen LogP contribution in [0.1, 0.15) is 42.8 Å². The largest absolute Gasteiger partial charge is 0.344 e. The Hall–Kier alpha value is -2.67. The minimum Gasteiger partial charge on any atom is -0.344 e. The Labute approximate surface area is 218 Å². The van der Waals surface area contributed by atoms with Gasteiger partial charge in [0.15, 0.2) is 10.8 Å². The number of pyridine rings is 1. The number of nitrogens with one attached hydrogen (secondary N) is 2. The molecule has 2 N–H and O–H groups in total. The van der Waals surface area contributed by atoms with Gasteiger partial charge in [0.2, 0.25) is 5.91 Å². The molecule has 4 heterocycles. The van der Waals surface area contributed by atoms with Gasteiger partial charge in [0.25, 0.3) is 15.9 Å². The summed E-state index contributed by atoms with van der Waals surface area (Å²) in [6, 6.07) is 6.69. The molecule has 192 valence electrons. The molecule has 1 saturated heterocycles. The fraction of sp³-hybridized carbons (Fsp3) is 0.417. The lowest BCUT2D eigenvalue weighted by Gasteiger charge is -2.26. The molecule has 2 amide bonds. The second-order valence-electron chi connectivity index (χ2n) is 8.77. The molecule has 4 rings (SSSR count). The van der Waals surface area contributed by atoms with E-state index in [4.69, 9.17) is 0 Å². The molecule has 0 radical (unpaired) electrons. The van der Waals surface area contributed by atoms with Gasteiger partial charge in [0.05, 0.1) is 17.5 Å². The fourth-order valence-corrected chi connectivity index (χ4v) is 7.43. The smallest absolute Gasteiger partial charge is 0.262 e. The topological polar surface area (TPSA) is 126 Å². The molecule has 3 aromatic heterocycles. The Morgan fingerprint density at radius 2 is 2.06 bits per heavy atom. The number of aromatic nitrogens is 1. The number of thiophene rings is 2. The van der Waals surface area contributed by atoms with Gasteiger partial charge in [-0.05, 0) is 48.4 Å². The third-order valence-corrected chi connectivity index (χ3v) is 10.2. The van der Waals surface area contributed by atoms with E-state index in [1.54, 1.807) is 23.5 Å². The number of Topliss-reactive ketones (excluding diaryl/α,β-unsaturated/α-hetero) is 1. The van der Waals surface area contributed by atoms with Crippen molar-refractivity contribution in [2.75, 3.05) is 13.1 Å². The highest BCUT2D eigenvalue weighted by atomic mass is 32.2. The molecule has 0 saturated carbocycles. The Bertz CT molecular complexity index is 1320. The average Bonchev–Trinajstić information content (AvgIpc) is 3.43. The zero-order valence-corrected chi connectivity index (χ0v) is 22.4. The van der Waals surface area contributed by atoms with Gasteiger partial charge < -0.3 is 10.6 Å². The average molecular weight is 549 g/mol. The fourth-order valence-electron chi connectivity index (χ4n) is 4.04. The van der Waals surface area contributed by atoms with Crippen LogP contribution in [0.25, 0.3) is 9.40 Å². The number of hydrogen-bond donors (Lipinski definition) is 2. The van der Waals surface area contributed by atoms with Crippen molar-refractivity contribution < 1.29 is 22.8 Å². The molecule has 36 heavy (non-hydrogen) atoms. The zero-order chi connectivity index (χ0) is 25.9. The van der Waals surface area contributed by atoms with E-state index in [-0.39, 0.29) is 29.9 Å². The highest BCUT2D eigenvalue weighted by Crippen LogP contribution is 2.30. The van der Waals surface area contributed by atoms with Crippen LogP contribution >= 0.6 is 22.7 Å². The maximum atomic E-state index is 13.2. The van der Waals surface area contributed by atoms with Crippen LogP contribution in [0.3, 0.4) is 0 Å². The van der Waals surface area contributed by atoms with Crippen molar-refractivity contribution in [1.82, 2.24) is 19.9 Å². The van der Waals surface area contributed by atoms with Gasteiger partial charge in [-0.15, -0.1) is 22.7 Å². The van der Waals surface area contributed by atoms with Crippen molar-refractivity contribution in [3.8, 4) is 0 Å². The summed E-state index contributed by atoms with van der Waals surface area (Å²) in [6.45, 7) is 3.59. The molecule has 1 fully saturated rings. The van der Waals surface area contributed by atoms with Crippen molar-refractivity contribution in [3.05, 3.63) is 46.8 Å². The Balaban J connectivity index is 1.44. The van der Waals surface area contributed by atoms with Crippen molar-refractivity contribution in [1.29, 1.82) is 0 Å². The number of amides is 2. The van der Waals surface area contributed by atoms with Crippen molar-refractivity contribution in [3.63, 3.8) is 0 Å². The van der Waals surface area contributed by atoms with Gasteiger partial charge in [-0.25, -0.2) is 13.4 Å². The van der Waals surface area contributed by atoms with Gasteiger partial charge >= 0.3 is 0 Å². The maximum Gasteiger partial charge on any atom is 0.262 e. The summed E-state index contributed by atoms with van der Waals surface area (Å²) < 4.78 is 29.0. The molecule has 9 nitrogen and oxygen atoms in total. The van der Waals surface area contributed by atoms with E-state index in [0.29, 0.717) is 24.1 Å². The number of carbonyl (C=O) groups is 3. The van der Waals surface area contributed by atoms with Crippen molar-refractivity contribution >= 4 is 59.7 Å². The number of nitrogens with zero attached hydrogens (tertiary/aromatic N) is 2. The van der Waals surface area contributed by atoms with E-state index in [2.05, 4.69) is 15.6 Å². The predicted octanol–water partition coefficient (Wildman–Crippen LogP) is 3.04. The summed E-state index contributed by atoms with van der Waals surface area (Å²) in [5.41, 5.74) is 0. The third kappa shape index (κ3) is 5.66. The molecular weight excluding hydrogens is 520 g/mol. The number of ketones is 1. The normalized spacial score (nSPS) is 18.9. The van der Waals surface area contributed by atoms with Crippen LogP contribution in [0.5, 0.6) is 0 Å². The molecular formula is C24H28N4O5S3. The minimum atomic E-state index is -3.92. The summed E-state index contributed by atoms with van der Waals surface area (Å²) in [6.07, 6.45) is 2.74. The SMILES string of the molecule is CC[C@@H](C)[C@H](NC(=O)c1cc2sccc2s1)C(=O)N[C@H]1CCCN(S(=O)(=O)c2ccccn2)CC1=O. The summed E-state index contributed by atoms with van der Waals surface area (Å²) in [5.74, 6) is -1.34. The van der Waals surface area contributed by atoms with Crippen molar-refractivity contribution in [2.24, 2.45) is 5.92 Å². The highest BCUT2D eigenvalue weighted by molar-refractivity contribution is 7.89. The van der Waals surface area contributed by atoms with E-state index in [9.17, 15) is 22.8 Å². The Kier molecular flexibility index (Phi) is 8.18. The summed E-state index contributed by atoms with van der Waals surface area (Å²) in [7, 11) is -3.92. The second kappa shape index (κ2) is 11.2. The summed E-state index contributed by atoms with van der Waals surface area (Å²) >= 11 is 2.92. The first-order valence-corrected chi connectivity index (χ1v) is 14.9. The molecule has 3 atom stereocenters. The summed E-state index contributed by atoms with van der Waals surface area (Å²) in [4.78, 5) is 43.6. The van der Waals surface area contributed by atoms with Crippen molar-refractivity contribution in [2.45, 2.75) is 50.2 Å². The lowest BCUT2D eigenvalue weighted by atomic mass is 9.97. The van der Waals surface area contributed by atoms with Gasteiger partial charge in [-0.2, -0.15) is 4.31 Å². The first-order valence-electron chi connectivity index (χ1n) is 11.7. The minimum absolute atomic E-state index is 0.117. The van der Waals surface area contributed by atoms with E-state index < -0.39 is 33.8 Å². The van der Waals surface area contributed by atoms with E-state index in [1.165, 1.54) is 23.6 Å². The van der Waals surface area contributed by atoms with Crippen LogP contribution in [-0.2, 0) is 19.6 Å². The second-order valence-corrected chi connectivity index (χ2v) is 12.7. The van der Waals surface area contributed by atoms with Crippen LogP contribution in [0.2, 0.25) is 0 Å². The molecule has 0 spiro atoms.